The summed E-state index contributed by atoms with van der Waals surface area (Å²) in [7, 11) is 1.86. The molecule has 124 valence electrons. The van der Waals surface area contributed by atoms with Gasteiger partial charge in [-0.05, 0) is 25.0 Å². The largest absolute Gasteiger partial charge is 0.500 e. The Morgan fingerprint density at radius 1 is 1.38 bits per heavy atom. The summed E-state index contributed by atoms with van der Waals surface area (Å²) in [6, 6.07) is 8.26. The van der Waals surface area contributed by atoms with E-state index >= 15 is 0 Å². The molecule has 2 saturated heterocycles. The Kier molecular flexibility index (Phi) is 2.65. The first-order valence-electron chi connectivity index (χ1n) is 8.52. The molecule has 1 amide bonds. The van der Waals surface area contributed by atoms with E-state index in [0.717, 1.165) is 23.2 Å². The van der Waals surface area contributed by atoms with E-state index in [2.05, 4.69) is 11.4 Å². The molecule has 1 aromatic carbocycles. The number of hydrogen-bond donors (Lipinski definition) is 1. The molecule has 0 saturated carbocycles. The maximum atomic E-state index is 13.2. The van der Waals surface area contributed by atoms with Crippen LogP contribution < -0.4 is 10.2 Å². The minimum Gasteiger partial charge on any atom is -0.500 e. The normalized spacial score (nSPS) is 38.8. The lowest BCUT2D eigenvalue weighted by molar-refractivity contribution is -0.124. The third-order valence-corrected chi connectivity index (χ3v) is 6.49. The number of anilines is 1. The quantitative estimate of drug-likeness (QED) is 0.848. The minimum atomic E-state index is -0.514. The van der Waals surface area contributed by atoms with E-state index in [4.69, 9.17) is 4.74 Å². The lowest BCUT2D eigenvalue weighted by Crippen LogP contribution is -2.54. The number of carbonyl (C=O) groups is 2. The Hall–Kier alpha value is -2.14. The van der Waals surface area contributed by atoms with E-state index in [1.165, 1.54) is 0 Å². The Morgan fingerprint density at radius 2 is 2.17 bits per heavy atom. The number of Topliss-reactive ketones (excluding diaryl/α,β-unsaturated/α-hetero) is 1. The van der Waals surface area contributed by atoms with E-state index < -0.39 is 5.41 Å². The second kappa shape index (κ2) is 4.48. The molecule has 1 N–H and O–H groups in total. The Bertz CT molecular complexity index is 802. The van der Waals surface area contributed by atoms with E-state index in [0.29, 0.717) is 6.61 Å². The fourth-order valence-corrected chi connectivity index (χ4v) is 5.59. The maximum absolute atomic E-state index is 13.2. The molecule has 5 atom stereocenters. The van der Waals surface area contributed by atoms with Crippen LogP contribution in [-0.4, -0.2) is 37.4 Å². The molecule has 5 nitrogen and oxygen atoms in total. The number of carbonyl (C=O) groups excluding carboxylic acids is 2. The second-order valence-corrected chi connectivity index (χ2v) is 7.46. The Balaban J connectivity index is 1.63. The molecule has 5 heteroatoms. The summed E-state index contributed by atoms with van der Waals surface area (Å²) in [4.78, 5) is 27.0. The van der Waals surface area contributed by atoms with Crippen molar-refractivity contribution < 1.29 is 14.3 Å². The molecular weight excluding hydrogens is 304 g/mol. The van der Waals surface area contributed by atoms with Crippen molar-refractivity contribution in [1.82, 2.24) is 5.32 Å². The van der Waals surface area contributed by atoms with Gasteiger partial charge in [0, 0.05) is 42.2 Å². The van der Waals surface area contributed by atoms with Gasteiger partial charge >= 0.3 is 0 Å². The van der Waals surface area contributed by atoms with Crippen LogP contribution >= 0.6 is 0 Å². The highest BCUT2D eigenvalue weighted by molar-refractivity contribution is 6.09. The number of likely N-dealkylation sites (N-methyl/N-ethyl adjacent to an activating group) is 1. The number of ketones is 1. The number of amides is 1. The SMILES string of the molecule is CC(=O)C1=COC[C@@H]2[C@H]1[C@H]1C[C@]3(C(=O)N(C)c4ccccc43)[C@@H]2N1. The van der Waals surface area contributed by atoms with Crippen molar-refractivity contribution in [1.29, 1.82) is 0 Å². The number of nitrogens with one attached hydrogen (secondary N) is 1. The predicted octanol–water partition coefficient (Wildman–Crippen LogP) is 1.38. The third-order valence-electron chi connectivity index (χ3n) is 6.49. The van der Waals surface area contributed by atoms with Crippen LogP contribution in [0.5, 0.6) is 0 Å². The zero-order valence-electron chi connectivity index (χ0n) is 13.8. The fraction of sp³-hybridized carbons (Fsp3) is 0.474. The molecule has 1 spiro atoms. The predicted molar refractivity (Wildman–Crippen MR) is 88.6 cm³/mol. The first kappa shape index (κ1) is 14.2. The number of rotatable bonds is 1. The molecule has 5 rings (SSSR count). The summed E-state index contributed by atoms with van der Waals surface area (Å²) >= 11 is 0. The van der Waals surface area contributed by atoms with Crippen LogP contribution in [0.25, 0.3) is 0 Å². The van der Waals surface area contributed by atoms with Crippen LogP contribution in [-0.2, 0) is 19.7 Å². The molecule has 4 aliphatic rings. The van der Waals surface area contributed by atoms with E-state index in [-0.39, 0.29) is 35.6 Å². The first-order valence-corrected chi connectivity index (χ1v) is 8.52. The molecule has 0 radical (unpaired) electrons. The standard InChI is InChI=1S/C19H20N2O3/c1-10(22)11-8-24-9-12-16(11)14-7-19(17(12)20-14)13-5-3-4-6-15(13)21(2)18(19)23/h3-6,8,12,14,16-17,20H,7,9H2,1-2H3/t12-,14-,16+,17-,19-/m1/s1. The van der Waals surface area contributed by atoms with E-state index in [1.807, 2.05) is 25.2 Å². The summed E-state index contributed by atoms with van der Waals surface area (Å²) in [6.45, 7) is 2.17. The van der Waals surface area contributed by atoms with Gasteiger partial charge in [0.2, 0.25) is 5.91 Å². The molecular formula is C19H20N2O3. The van der Waals surface area contributed by atoms with Gasteiger partial charge in [-0.25, -0.2) is 0 Å². The number of benzene rings is 1. The van der Waals surface area contributed by atoms with Gasteiger partial charge < -0.3 is 15.0 Å². The molecule has 2 fully saturated rings. The highest BCUT2D eigenvalue weighted by atomic mass is 16.5. The zero-order valence-corrected chi connectivity index (χ0v) is 13.8. The third kappa shape index (κ3) is 1.45. The number of para-hydroxylation sites is 1. The van der Waals surface area contributed by atoms with Crippen molar-refractivity contribution in [2.45, 2.75) is 30.8 Å². The zero-order chi connectivity index (χ0) is 16.6. The van der Waals surface area contributed by atoms with Crippen molar-refractivity contribution >= 4 is 17.4 Å². The Labute approximate surface area is 140 Å². The van der Waals surface area contributed by atoms with E-state index in [1.54, 1.807) is 18.1 Å². The van der Waals surface area contributed by atoms with Crippen LogP contribution in [0.3, 0.4) is 0 Å². The molecule has 4 heterocycles. The van der Waals surface area contributed by atoms with Gasteiger partial charge in [-0.15, -0.1) is 0 Å². The first-order chi connectivity index (χ1) is 11.6. The van der Waals surface area contributed by atoms with Crippen LogP contribution in [0.1, 0.15) is 18.9 Å². The van der Waals surface area contributed by atoms with Crippen LogP contribution in [0.2, 0.25) is 0 Å². The molecule has 0 aliphatic carbocycles. The van der Waals surface area contributed by atoms with Gasteiger partial charge in [0.05, 0.1) is 18.3 Å². The average molecular weight is 324 g/mol. The highest BCUT2D eigenvalue weighted by Gasteiger charge is 2.68. The smallest absolute Gasteiger partial charge is 0.239 e. The van der Waals surface area contributed by atoms with Crippen molar-refractivity contribution in [2.75, 3.05) is 18.6 Å². The maximum Gasteiger partial charge on any atom is 0.239 e. The summed E-state index contributed by atoms with van der Waals surface area (Å²) in [6.07, 6.45) is 2.39. The molecule has 24 heavy (non-hydrogen) atoms. The molecule has 4 aliphatic heterocycles. The van der Waals surface area contributed by atoms with Gasteiger partial charge in [0.25, 0.3) is 0 Å². The van der Waals surface area contributed by atoms with Gasteiger partial charge in [-0.1, -0.05) is 18.2 Å². The van der Waals surface area contributed by atoms with Crippen molar-refractivity contribution in [3.8, 4) is 0 Å². The molecule has 2 bridgehead atoms. The van der Waals surface area contributed by atoms with Crippen LogP contribution in [0.15, 0.2) is 36.1 Å². The van der Waals surface area contributed by atoms with Gasteiger partial charge in [0.15, 0.2) is 5.78 Å². The number of hydrogen-bond acceptors (Lipinski definition) is 4. The number of nitrogens with zero attached hydrogens (tertiary/aromatic N) is 1. The average Bonchev–Trinajstić information content (AvgIpc) is 3.22. The van der Waals surface area contributed by atoms with Crippen LogP contribution in [0, 0.1) is 11.8 Å². The van der Waals surface area contributed by atoms with Crippen molar-refractivity contribution in [2.24, 2.45) is 11.8 Å². The summed E-state index contributed by atoms with van der Waals surface area (Å²) in [5, 5.41) is 3.66. The van der Waals surface area contributed by atoms with E-state index in [9.17, 15) is 9.59 Å². The lowest BCUT2D eigenvalue weighted by Gasteiger charge is -2.42. The minimum absolute atomic E-state index is 0.0224. The Morgan fingerprint density at radius 3 is 2.96 bits per heavy atom. The summed E-state index contributed by atoms with van der Waals surface area (Å²) in [5.41, 5.74) is 2.38. The van der Waals surface area contributed by atoms with Crippen molar-refractivity contribution in [3.63, 3.8) is 0 Å². The van der Waals surface area contributed by atoms with Crippen molar-refractivity contribution in [3.05, 3.63) is 41.7 Å². The number of ether oxygens (including phenoxy) is 1. The second-order valence-electron chi connectivity index (χ2n) is 7.46. The van der Waals surface area contributed by atoms with Gasteiger partial charge in [-0.3, -0.25) is 9.59 Å². The number of fused-ring (bicyclic) bond motifs is 8. The topological polar surface area (TPSA) is 58.6 Å². The monoisotopic (exact) mass is 324 g/mol. The fourth-order valence-electron chi connectivity index (χ4n) is 5.59. The van der Waals surface area contributed by atoms with Crippen LogP contribution in [0.4, 0.5) is 5.69 Å². The van der Waals surface area contributed by atoms with Gasteiger partial charge in [0.1, 0.15) is 0 Å². The summed E-state index contributed by atoms with van der Waals surface area (Å²) in [5.74, 6) is 0.568. The van der Waals surface area contributed by atoms with Gasteiger partial charge in [-0.2, -0.15) is 0 Å². The molecule has 0 aromatic heterocycles. The molecule has 1 aromatic rings. The highest BCUT2D eigenvalue weighted by Crippen LogP contribution is 2.58. The summed E-state index contributed by atoms with van der Waals surface area (Å²) < 4.78 is 5.61. The lowest BCUT2D eigenvalue weighted by atomic mass is 9.60. The molecule has 0 unspecified atom stereocenters.